The number of anilines is 1. The number of benzene rings is 1. The fourth-order valence-corrected chi connectivity index (χ4v) is 3.20. The van der Waals surface area contributed by atoms with Crippen molar-refractivity contribution in [2.24, 2.45) is 0 Å². The summed E-state index contributed by atoms with van der Waals surface area (Å²) >= 11 is 0. The molecule has 1 aliphatic heterocycles. The average Bonchev–Trinajstić information content (AvgIpc) is 3.36. The van der Waals surface area contributed by atoms with Gasteiger partial charge in [-0.15, -0.1) is 0 Å². The van der Waals surface area contributed by atoms with Gasteiger partial charge in [-0.1, -0.05) is 6.07 Å². The number of aryl methyl sites for hydroxylation is 1. The Morgan fingerprint density at radius 3 is 2.96 bits per heavy atom. The molecule has 1 N–H and O–H groups in total. The Kier molecular flexibility index (Phi) is 4.01. The molecule has 0 bridgehead atoms. The van der Waals surface area contributed by atoms with E-state index in [0.29, 0.717) is 11.6 Å². The van der Waals surface area contributed by atoms with Crippen molar-refractivity contribution in [1.29, 1.82) is 0 Å². The van der Waals surface area contributed by atoms with Crippen molar-refractivity contribution in [3.05, 3.63) is 60.4 Å². The first-order valence-electron chi connectivity index (χ1n) is 8.34. The number of carbonyl (C=O) groups excluding carboxylic acids is 1. The van der Waals surface area contributed by atoms with Crippen LogP contribution >= 0.6 is 0 Å². The Labute approximate surface area is 145 Å². The molecule has 1 saturated heterocycles. The third kappa shape index (κ3) is 3.15. The van der Waals surface area contributed by atoms with E-state index >= 15 is 0 Å². The summed E-state index contributed by atoms with van der Waals surface area (Å²) in [5.74, 6) is 1.37. The lowest BCUT2D eigenvalue weighted by Gasteiger charge is -2.23. The lowest BCUT2D eigenvalue weighted by Crippen LogP contribution is -2.34. The van der Waals surface area contributed by atoms with E-state index < -0.39 is 0 Å². The Hall–Kier alpha value is -3.02. The van der Waals surface area contributed by atoms with Gasteiger partial charge in [0.15, 0.2) is 0 Å². The maximum absolute atomic E-state index is 12.7. The third-order valence-corrected chi connectivity index (χ3v) is 4.37. The highest BCUT2D eigenvalue weighted by Gasteiger charge is 2.31. The molecule has 4 rings (SSSR count). The van der Waals surface area contributed by atoms with Crippen LogP contribution in [0, 0.1) is 6.92 Å². The summed E-state index contributed by atoms with van der Waals surface area (Å²) in [7, 11) is 0. The number of urea groups is 1. The molecule has 0 unspecified atom stereocenters. The van der Waals surface area contributed by atoms with Gasteiger partial charge in [0, 0.05) is 17.8 Å². The fourth-order valence-electron chi connectivity index (χ4n) is 3.20. The second-order valence-electron chi connectivity index (χ2n) is 6.17. The molecule has 2 amide bonds. The highest BCUT2D eigenvalue weighted by molar-refractivity contribution is 5.90. The van der Waals surface area contributed by atoms with E-state index in [9.17, 15) is 4.79 Å². The van der Waals surface area contributed by atoms with Gasteiger partial charge in [-0.3, -0.25) is 0 Å². The number of nitrogens with one attached hydrogen (secondary N) is 1. The molecule has 0 spiro atoms. The Balaban J connectivity index is 1.51. The van der Waals surface area contributed by atoms with E-state index in [-0.39, 0.29) is 12.1 Å². The second kappa shape index (κ2) is 6.47. The van der Waals surface area contributed by atoms with Crippen molar-refractivity contribution >= 4 is 11.7 Å². The zero-order chi connectivity index (χ0) is 17.2. The molecule has 128 valence electrons. The molecule has 1 atom stereocenters. The van der Waals surface area contributed by atoms with E-state index in [1.807, 2.05) is 48.2 Å². The van der Waals surface area contributed by atoms with E-state index in [2.05, 4.69) is 10.3 Å². The van der Waals surface area contributed by atoms with Gasteiger partial charge in [0.05, 0.1) is 18.0 Å². The Morgan fingerprint density at radius 1 is 1.28 bits per heavy atom. The summed E-state index contributed by atoms with van der Waals surface area (Å²) in [4.78, 5) is 18.8. The highest BCUT2D eigenvalue weighted by Crippen LogP contribution is 2.32. The lowest BCUT2D eigenvalue weighted by molar-refractivity contribution is 0.200. The number of hydrogen-bond acceptors (Lipinski definition) is 4. The van der Waals surface area contributed by atoms with Crippen molar-refractivity contribution in [3.63, 3.8) is 0 Å². The van der Waals surface area contributed by atoms with E-state index in [0.717, 1.165) is 36.4 Å². The smallest absolute Gasteiger partial charge is 0.322 e. The third-order valence-electron chi connectivity index (χ3n) is 4.37. The molecule has 0 radical (unpaired) electrons. The number of aromatic nitrogens is 1. The van der Waals surface area contributed by atoms with Crippen LogP contribution in [-0.4, -0.2) is 22.5 Å². The summed E-state index contributed by atoms with van der Waals surface area (Å²) in [6.07, 6.45) is 5.13. The molecule has 2 aromatic heterocycles. The Bertz CT molecular complexity index is 870. The molecule has 1 aromatic carbocycles. The zero-order valence-electron chi connectivity index (χ0n) is 13.9. The van der Waals surface area contributed by atoms with E-state index in [1.165, 1.54) is 0 Å². The molecule has 6 heteroatoms. The first-order chi connectivity index (χ1) is 12.2. The van der Waals surface area contributed by atoms with Gasteiger partial charge >= 0.3 is 6.03 Å². The molecule has 3 heterocycles. The number of likely N-dealkylation sites (tertiary alicyclic amines) is 1. The maximum Gasteiger partial charge on any atom is 0.322 e. The molecule has 0 saturated carbocycles. The fraction of sp³-hybridized carbons (Fsp3) is 0.263. The van der Waals surface area contributed by atoms with Crippen LogP contribution in [0.2, 0.25) is 0 Å². The minimum Gasteiger partial charge on any atom is -0.467 e. The lowest BCUT2D eigenvalue weighted by atomic mass is 10.1. The number of oxazole rings is 1. The first-order valence-corrected chi connectivity index (χ1v) is 8.34. The number of furan rings is 1. The number of nitrogens with zero attached hydrogens (tertiary/aromatic N) is 2. The van der Waals surface area contributed by atoms with Gasteiger partial charge in [-0.2, -0.15) is 0 Å². The van der Waals surface area contributed by atoms with E-state index in [4.69, 9.17) is 8.83 Å². The van der Waals surface area contributed by atoms with Crippen molar-refractivity contribution in [3.8, 4) is 11.5 Å². The van der Waals surface area contributed by atoms with Crippen LogP contribution in [0.15, 0.2) is 57.8 Å². The molecular weight excluding hydrogens is 318 g/mol. The minimum atomic E-state index is -0.125. The number of amides is 2. The van der Waals surface area contributed by atoms with Gasteiger partial charge in [0.1, 0.15) is 12.0 Å². The average molecular weight is 337 g/mol. The van der Waals surface area contributed by atoms with Crippen LogP contribution in [0.3, 0.4) is 0 Å². The van der Waals surface area contributed by atoms with Gasteiger partial charge in [0.25, 0.3) is 0 Å². The van der Waals surface area contributed by atoms with Crippen LogP contribution in [0.4, 0.5) is 10.5 Å². The van der Waals surface area contributed by atoms with E-state index in [1.54, 1.807) is 12.5 Å². The number of rotatable bonds is 3. The predicted octanol–water partition coefficient (Wildman–Crippen LogP) is 4.61. The molecule has 6 nitrogen and oxygen atoms in total. The first kappa shape index (κ1) is 15.5. The molecule has 1 fully saturated rings. The highest BCUT2D eigenvalue weighted by atomic mass is 16.3. The molecular formula is C19H19N3O3. The largest absolute Gasteiger partial charge is 0.467 e. The van der Waals surface area contributed by atoms with Crippen molar-refractivity contribution in [2.45, 2.75) is 25.8 Å². The van der Waals surface area contributed by atoms with Crippen LogP contribution < -0.4 is 5.32 Å². The van der Waals surface area contributed by atoms with Crippen LogP contribution in [-0.2, 0) is 0 Å². The Morgan fingerprint density at radius 2 is 2.20 bits per heavy atom. The summed E-state index contributed by atoms with van der Waals surface area (Å²) in [6.45, 7) is 2.59. The molecule has 25 heavy (non-hydrogen) atoms. The number of hydrogen-bond donors (Lipinski definition) is 1. The second-order valence-corrected chi connectivity index (χ2v) is 6.17. The van der Waals surface area contributed by atoms with Crippen LogP contribution in [0.1, 0.15) is 30.3 Å². The summed E-state index contributed by atoms with van der Waals surface area (Å²) < 4.78 is 10.9. The summed E-state index contributed by atoms with van der Waals surface area (Å²) in [5.41, 5.74) is 2.36. The number of carbonyl (C=O) groups is 1. The van der Waals surface area contributed by atoms with Crippen LogP contribution in [0.25, 0.3) is 11.5 Å². The standard InChI is InChI=1S/C19H19N3O3/c1-13-12-25-18(20-13)14-5-2-6-15(11-14)21-19(23)22-9-3-7-16(22)17-8-4-10-24-17/h2,4-6,8,10-12,16H,3,7,9H2,1H3,(H,21,23)/t16-/m1/s1. The normalized spacial score (nSPS) is 17.0. The van der Waals surface area contributed by atoms with Gasteiger partial charge in [-0.05, 0) is 50.1 Å². The van der Waals surface area contributed by atoms with Crippen molar-refractivity contribution < 1.29 is 13.6 Å². The topological polar surface area (TPSA) is 71.5 Å². The van der Waals surface area contributed by atoms with Crippen molar-refractivity contribution in [2.75, 3.05) is 11.9 Å². The van der Waals surface area contributed by atoms with Gasteiger partial charge < -0.3 is 19.1 Å². The SMILES string of the molecule is Cc1coc(-c2cccc(NC(=O)N3CCC[C@@H]3c3ccco3)c2)n1. The zero-order valence-corrected chi connectivity index (χ0v) is 13.9. The van der Waals surface area contributed by atoms with Gasteiger partial charge in [0.2, 0.25) is 5.89 Å². The molecule has 3 aromatic rings. The predicted molar refractivity (Wildman–Crippen MR) is 93.1 cm³/mol. The quantitative estimate of drug-likeness (QED) is 0.757. The summed E-state index contributed by atoms with van der Waals surface area (Å²) in [6, 6.07) is 11.1. The summed E-state index contributed by atoms with van der Waals surface area (Å²) in [5, 5.41) is 2.97. The van der Waals surface area contributed by atoms with Crippen molar-refractivity contribution in [1.82, 2.24) is 9.88 Å². The monoisotopic (exact) mass is 337 g/mol. The minimum absolute atomic E-state index is 0.00688. The van der Waals surface area contributed by atoms with Gasteiger partial charge in [-0.25, -0.2) is 9.78 Å². The maximum atomic E-state index is 12.7. The molecule has 1 aliphatic rings. The molecule has 0 aliphatic carbocycles. The van der Waals surface area contributed by atoms with Crippen LogP contribution in [0.5, 0.6) is 0 Å².